The molecule has 0 saturated carbocycles. The molecule has 8 heteroatoms. The summed E-state index contributed by atoms with van der Waals surface area (Å²) in [5.74, 6) is 0.907. The number of nitrogens with zero attached hydrogens (tertiary/aromatic N) is 4. The minimum Gasteiger partial charge on any atom is -0.497 e. The third-order valence-electron chi connectivity index (χ3n) is 5.09. The lowest BCUT2D eigenvalue weighted by Gasteiger charge is -2.17. The quantitative estimate of drug-likeness (QED) is 0.351. The zero-order valence-corrected chi connectivity index (χ0v) is 19.1. The van der Waals surface area contributed by atoms with E-state index in [9.17, 15) is 9.18 Å². The molecule has 0 radical (unpaired) electrons. The van der Waals surface area contributed by atoms with Gasteiger partial charge in [-0.15, -0.1) is 10.2 Å². The van der Waals surface area contributed by atoms with E-state index in [1.54, 1.807) is 41.8 Å². The Kier molecular flexibility index (Phi) is 7.04. The van der Waals surface area contributed by atoms with Crippen molar-refractivity contribution in [2.45, 2.75) is 11.7 Å². The molecule has 4 aromatic rings. The van der Waals surface area contributed by atoms with E-state index in [4.69, 9.17) is 4.74 Å². The molecule has 0 atom stereocenters. The number of methoxy groups -OCH3 is 1. The maximum Gasteiger partial charge on any atom is 0.233 e. The molecule has 1 heterocycles. The van der Waals surface area contributed by atoms with Crippen molar-refractivity contribution in [2.75, 3.05) is 19.9 Å². The molecule has 3 aromatic carbocycles. The summed E-state index contributed by atoms with van der Waals surface area (Å²) >= 11 is 1.27. The van der Waals surface area contributed by atoms with Crippen molar-refractivity contribution in [3.63, 3.8) is 0 Å². The number of para-hydroxylation sites is 1. The molecular formula is C25H23FN4O2S. The van der Waals surface area contributed by atoms with Gasteiger partial charge in [0.15, 0.2) is 11.0 Å². The van der Waals surface area contributed by atoms with Gasteiger partial charge in [0.05, 0.1) is 18.4 Å². The van der Waals surface area contributed by atoms with Crippen LogP contribution in [0.5, 0.6) is 5.75 Å². The number of hydrogen-bond acceptors (Lipinski definition) is 5. The van der Waals surface area contributed by atoms with Gasteiger partial charge >= 0.3 is 0 Å². The number of carbonyl (C=O) groups excluding carboxylic acids is 1. The number of benzene rings is 3. The van der Waals surface area contributed by atoms with Gasteiger partial charge in [-0.25, -0.2) is 4.39 Å². The van der Waals surface area contributed by atoms with Crippen LogP contribution < -0.4 is 4.74 Å². The monoisotopic (exact) mass is 462 g/mol. The van der Waals surface area contributed by atoms with Gasteiger partial charge in [0.25, 0.3) is 0 Å². The molecule has 0 fully saturated rings. The van der Waals surface area contributed by atoms with Crippen LogP contribution in [-0.2, 0) is 11.3 Å². The summed E-state index contributed by atoms with van der Waals surface area (Å²) in [5, 5.41) is 9.03. The Labute approximate surface area is 196 Å². The molecule has 1 amide bonds. The summed E-state index contributed by atoms with van der Waals surface area (Å²) in [5.41, 5.74) is 2.15. The van der Waals surface area contributed by atoms with Crippen molar-refractivity contribution in [1.82, 2.24) is 19.7 Å². The zero-order chi connectivity index (χ0) is 23.2. The first-order valence-corrected chi connectivity index (χ1v) is 11.3. The second kappa shape index (κ2) is 10.3. The van der Waals surface area contributed by atoms with Gasteiger partial charge < -0.3 is 9.64 Å². The third-order valence-corrected chi connectivity index (χ3v) is 6.01. The first-order chi connectivity index (χ1) is 16.1. The Balaban J connectivity index is 1.53. The number of amides is 1. The van der Waals surface area contributed by atoms with Crippen molar-refractivity contribution in [2.24, 2.45) is 0 Å². The molecule has 1 aromatic heterocycles. The predicted molar refractivity (Wildman–Crippen MR) is 127 cm³/mol. The summed E-state index contributed by atoms with van der Waals surface area (Å²) in [6, 6.07) is 23.5. The van der Waals surface area contributed by atoms with E-state index in [1.165, 1.54) is 17.8 Å². The topological polar surface area (TPSA) is 60.2 Å². The van der Waals surface area contributed by atoms with Crippen LogP contribution in [-0.4, -0.2) is 45.5 Å². The summed E-state index contributed by atoms with van der Waals surface area (Å²) in [6.45, 7) is 0.481. The highest BCUT2D eigenvalue weighted by molar-refractivity contribution is 7.99. The highest BCUT2D eigenvalue weighted by Gasteiger charge is 2.20. The SMILES string of the molecule is COc1ccc(CN(C)C(=O)CSc2nnc(-c3ccccc3F)n2-c2ccccc2)cc1. The minimum absolute atomic E-state index is 0.0501. The molecule has 0 aliphatic carbocycles. The van der Waals surface area contributed by atoms with Gasteiger partial charge in [0.1, 0.15) is 11.6 Å². The Morgan fingerprint density at radius 1 is 1.00 bits per heavy atom. The van der Waals surface area contributed by atoms with E-state index < -0.39 is 0 Å². The van der Waals surface area contributed by atoms with Crippen LogP contribution in [0.1, 0.15) is 5.56 Å². The van der Waals surface area contributed by atoms with E-state index in [2.05, 4.69) is 10.2 Å². The maximum absolute atomic E-state index is 14.5. The van der Waals surface area contributed by atoms with Crippen LogP contribution >= 0.6 is 11.8 Å². The molecule has 0 N–H and O–H groups in total. The van der Waals surface area contributed by atoms with Crippen LogP contribution in [0.2, 0.25) is 0 Å². The van der Waals surface area contributed by atoms with E-state index in [-0.39, 0.29) is 17.5 Å². The second-order valence-corrected chi connectivity index (χ2v) is 8.29. The Morgan fingerprint density at radius 2 is 1.70 bits per heavy atom. The first-order valence-electron chi connectivity index (χ1n) is 10.3. The van der Waals surface area contributed by atoms with Crippen LogP contribution in [0.4, 0.5) is 4.39 Å². The first kappa shape index (κ1) is 22.5. The van der Waals surface area contributed by atoms with Crippen LogP contribution in [0.25, 0.3) is 17.1 Å². The summed E-state index contributed by atoms with van der Waals surface area (Å²) < 4.78 is 21.5. The Hall–Kier alpha value is -3.65. The van der Waals surface area contributed by atoms with Crippen LogP contribution in [0.15, 0.2) is 84.0 Å². The largest absolute Gasteiger partial charge is 0.497 e. The van der Waals surface area contributed by atoms with Gasteiger partial charge in [-0.05, 0) is 42.0 Å². The molecule has 168 valence electrons. The van der Waals surface area contributed by atoms with E-state index in [0.717, 1.165) is 17.0 Å². The van der Waals surface area contributed by atoms with Crippen LogP contribution in [0, 0.1) is 5.82 Å². The lowest BCUT2D eigenvalue weighted by molar-refractivity contribution is -0.127. The van der Waals surface area contributed by atoms with Crippen molar-refractivity contribution in [1.29, 1.82) is 0 Å². The lowest BCUT2D eigenvalue weighted by Crippen LogP contribution is -2.27. The molecule has 6 nitrogen and oxygen atoms in total. The van der Waals surface area contributed by atoms with E-state index >= 15 is 0 Å². The summed E-state index contributed by atoms with van der Waals surface area (Å²) in [7, 11) is 3.38. The van der Waals surface area contributed by atoms with Crippen molar-refractivity contribution in [3.8, 4) is 22.8 Å². The van der Waals surface area contributed by atoms with E-state index in [1.807, 2.05) is 54.6 Å². The van der Waals surface area contributed by atoms with Crippen molar-refractivity contribution >= 4 is 17.7 Å². The second-order valence-electron chi connectivity index (χ2n) is 7.34. The van der Waals surface area contributed by atoms with Gasteiger partial charge in [0.2, 0.25) is 5.91 Å². The fourth-order valence-corrected chi connectivity index (χ4v) is 4.21. The van der Waals surface area contributed by atoms with Gasteiger partial charge in [-0.1, -0.05) is 54.2 Å². The average molecular weight is 463 g/mol. The minimum atomic E-state index is -0.381. The number of halogens is 1. The van der Waals surface area contributed by atoms with Crippen molar-refractivity contribution < 1.29 is 13.9 Å². The average Bonchev–Trinajstić information content (AvgIpc) is 3.27. The fourth-order valence-electron chi connectivity index (χ4n) is 3.32. The molecule has 4 rings (SSSR count). The highest BCUT2D eigenvalue weighted by Crippen LogP contribution is 2.29. The molecule has 0 saturated heterocycles. The van der Waals surface area contributed by atoms with Gasteiger partial charge in [-0.3, -0.25) is 9.36 Å². The van der Waals surface area contributed by atoms with E-state index in [0.29, 0.717) is 23.1 Å². The molecule has 0 aliphatic heterocycles. The lowest BCUT2D eigenvalue weighted by atomic mass is 10.2. The molecule has 0 unspecified atom stereocenters. The van der Waals surface area contributed by atoms with Gasteiger partial charge in [-0.2, -0.15) is 0 Å². The zero-order valence-electron chi connectivity index (χ0n) is 18.3. The summed E-state index contributed by atoms with van der Waals surface area (Å²) in [6.07, 6.45) is 0. The van der Waals surface area contributed by atoms with Gasteiger partial charge in [0, 0.05) is 19.3 Å². The summed E-state index contributed by atoms with van der Waals surface area (Å²) in [4.78, 5) is 14.4. The number of thioether (sulfide) groups is 1. The number of carbonyl (C=O) groups is 1. The Morgan fingerprint density at radius 3 is 2.39 bits per heavy atom. The van der Waals surface area contributed by atoms with Crippen LogP contribution in [0.3, 0.4) is 0 Å². The standard InChI is InChI=1S/C25H23FN4O2S/c1-29(16-18-12-14-20(32-2)15-13-18)23(31)17-33-25-28-27-24(21-10-6-7-11-22(21)26)30(25)19-8-4-3-5-9-19/h3-15H,16-17H2,1-2H3. The smallest absolute Gasteiger partial charge is 0.233 e. The molecule has 0 bridgehead atoms. The van der Waals surface area contributed by atoms with Crippen molar-refractivity contribution in [3.05, 3.63) is 90.2 Å². The molecule has 0 spiro atoms. The third kappa shape index (κ3) is 5.23. The molecule has 33 heavy (non-hydrogen) atoms. The highest BCUT2D eigenvalue weighted by atomic mass is 32.2. The molecule has 0 aliphatic rings. The maximum atomic E-state index is 14.5. The number of aromatic nitrogens is 3. The molecular weight excluding hydrogens is 439 g/mol. The number of ether oxygens (including phenoxy) is 1. The Bertz CT molecular complexity index is 1230. The predicted octanol–water partition coefficient (Wildman–Crippen LogP) is 4.83. The number of hydrogen-bond donors (Lipinski definition) is 0. The normalized spacial score (nSPS) is 10.8. The number of rotatable bonds is 8. The fraction of sp³-hybridized carbons (Fsp3) is 0.160.